The number of rotatable bonds is 5. The smallest absolute Gasteiger partial charge is 0.223 e. The molecule has 1 saturated heterocycles. The zero-order valence-electron chi connectivity index (χ0n) is 15.4. The van der Waals surface area contributed by atoms with Crippen LogP contribution in [0.2, 0.25) is 5.02 Å². The maximum absolute atomic E-state index is 12.7. The molecule has 3 atom stereocenters. The minimum atomic E-state index is -3.39. The van der Waals surface area contributed by atoms with Gasteiger partial charge in [-0.05, 0) is 61.6 Å². The molecule has 2 saturated carbocycles. The van der Waals surface area contributed by atoms with E-state index in [0.717, 1.165) is 12.3 Å². The summed E-state index contributed by atoms with van der Waals surface area (Å²) in [6, 6.07) is 7.31. The average Bonchev–Trinajstić information content (AvgIpc) is 3.24. The van der Waals surface area contributed by atoms with Crippen LogP contribution in [-0.4, -0.2) is 37.8 Å². The molecule has 0 unspecified atom stereocenters. The van der Waals surface area contributed by atoms with E-state index < -0.39 is 10.0 Å². The number of halogens is 1. The molecule has 1 aromatic carbocycles. The van der Waals surface area contributed by atoms with Crippen LogP contribution in [0.25, 0.3) is 0 Å². The van der Waals surface area contributed by atoms with Crippen LogP contribution >= 0.6 is 11.6 Å². The molecule has 5 nitrogen and oxygen atoms in total. The summed E-state index contributed by atoms with van der Waals surface area (Å²) in [5, 5.41) is 3.80. The first-order valence-corrected chi connectivity index (χ1v) is 11.9. The Morgan fingerprint density at radius 3 is 2.56 bits per heavy atom. The van der Waals surface area contributed by atoms with Gasteiger partial charge in [0.2, 0.25) is 15.9 Å². The van der Waals surface area contributed by atoms with Crippen LogP contribution in [0.3, 0.4) is 0 Å². The zero-order valence-corrected chi connectivity index (χ0v) is 17.0. The summed E-state index contributed by atoms with van der Waals surface area (Å²) < 4.78 is 26.9. The fourth-order valence-electron chi connectivity index (χ4n) is 5.05. The van der Waals surface area contributed by atoms with Gasteiger partial charge in [0.25, 0.3) is 0 Å². The van der Waals surface area contributed by atoms with Crippen LogP contribution in [0.15, 0.2) is 24.3 Å². The second-order valence-corrected chi connectivity index (χ2v) is 10.8. The lowest BCUT2D eigenvalue weighted by molar-refractivity contribution is -0.127. The van der Waals surface area contributed by atoms with Gasteiger partial charge in [-0.2, -0.15) is 0 Å². The molecule has 1 heterocycles. The van der Waals surface area contributed by atoms with Crippen molar-refractivity contribution in [1.82, 2.24) is 9.62 Å². The van der Waals surface area contributed by atoms with E-state index in [0.29, 0.717) is 48.5 Å². The molecule has 4 rings (SSSR count). The lowest BCUT2D eigenvalue weighted by Crippen LogP contribution is -2.46. The van der Waals surface area contributed by atoms with Crippen molar-refractivity contribution in [1.29, 1.82) is 0 Å². The molecule has 27 heavy (non-hydrogen) atoms. The fourth-order valence-corrected chi connectivity index (χ4v) is 6.81. The fraction of sp³-hybridized carbons (Fsp3) is 0.650. The standard InChI is InChI=1S/C20H27ClN2O3S/c21-18-3-1-2-15(11-18)13-27(25,26)23-8-6-16(7-9-23)20(24)22-19-12-14-4-5-17(19)10-14/h1-3,11,14,16-17,19H,4-10,12-13H2,(H,22,24)/t14-,17-,19-/m1/s1. The highest BCUT2D eigenvalue weighted by Crippen LogP contribution is 2.44. The van der Waals surface area contributed by atoms with E-state index in [9.17, 15) is 13.2 Å². The maximum Gasteiger partial charge on any atom is 0.223 e. The highest BCUT2D eigenvalue weighted by Gasteiger charge is 2.41. The number of benzene rings is 1. The topological polar surface area (TPSA) is 66.5 Å². The number of nitrogens with one attached hydrogen (secondary N) is 1. The van der Waals surface area contributed by atoms with Gasteiger partial charge in [-0.1, -0.05) is 30.2 Å². The predicted molar refractivity (Wildman–Crippen MR) is 106 cm³/mol. The second-order valence-electron chi connectivity index (χ2n) is 8.35. The van der Waals surface area contributed by atoms with Crippen molar-refractivity contribution < 1.29 is 13.2 Å². The van der Waals surface area contributed by atoms with Crippen LogP contribution in [0.5, 0.6) is 0 Å². The molecule has 1 N–H and O–H groups in total. The van der Waals surface area contributed by atoms with Gasteiger partial charge >= 0.3 is 0 Å². The van der Waals surface area contributed by atoms with E-state index in [1.54, 1.807) is 24.3 Å². The van der Waals surface area contributed by atoms with Crippen molar-refractivity contribution in [2.24, 2.45) is 17.8 Å². The van der Waals surface area contributed by atoms with Crippen LogP contribution < -0.4 is 5.32 Å². The molecular formula is C20H27ClN2O3S. The summed E-state index contributed by atoms with van der Waals surface area (Å²) in [6.07, 6.45) is 6.16. The van der Waals surface area contributed by atoms with E-state index in [4.69, 9.17) is 11.6 Å². The van der Waals surface area contributed by atoms with Gasteiger partial charge in [0.15, 0.2) is 0 Å². The number of carbonyl (C=O) groups is 1. The lowest BCUT2D eigenvalue weighted by Gasteiger charge is -2.32. The summed E-state index contributed by atoms with van der Waals surface area (Å²) in [4.78, 5) is 12.6. The third kappa shape index (κ3) is 4.33. The Morgan fingerprint density at radius 2 is 1.93 bits per heavy atom. The number of carbonyl (C=O) groups excluding carboxylic acids is 1. The van der Waals surface area contributed by atoms with Gasteiger partial charge in [-0.25, -0.2) is 12.7 Å². The SMILES string of the molecule is O=C(N[C@@H]1C[C@@H]2CC[C@@H]1C2)C1CCN(S(=O)(=O)Cc2cccc(Cl)c2)CC1. The van der Waals surface area contributed by atoms with Crippen molar-refractivity contribution in [3.63, 3.8) is 0 Å². The first-order chi connectivity index (χ1) is 12.9. The average molecular weight is 411 g/mol. The number of sulfonamides is 1. The number of piperidine rings is 1. The largest absolute Gasteiger partial charge is 0.353 e. The monoisotopic (exact) mass is 410 g/mol. The highest BCUT2D eigenvalue weighted by atomic mass is 35.5. The van der Waals surface area contributed by atoms with Gasteiger partial charge in [0.05, 0.1) is 5.75 Å². The normalized spacial score (nSPS) is 29.1. The first kappa shape index (κ1) is 19.2. The van der Waals surface area contributed by atoms with Crippen molar-refractivity contribution in [2.75, 3.05) is 13.1 Å². The molecule has 0 aromatic heterocycles. The zero-order chi connectivity index (χ0) is 19.0. The van der Waals surface area contributed by atoms with E-state index >= 15 is 0 Å². The molecule has 1 aliphatic heterocycles. The van der Waals surface area contributed by atoms with Crippen molar-refractivity contribution in [2.45, 2.75) is 50.3 Å². The van der Waals surface area contributed by atoms with Crippen LogP contribution in [0, 0.1) is 17.8 Å². The number of hydrogen-bond acceptors (Lipinski definition) is 3. The number of hydrogen-bond donors (Lipinski definition) is 1. The van der Waals surface area contributed by atoms with E-state index in [2.05, 4.69) is 5.32 Å². The molecule has 148 valence electrons. The van der Waals surface area contributed by atoms with Gasteiger partial charge in [0.1, 0.15) is 0 Å². The Hall–Kier alpha value is -1.11. The van der Waals surface area contributed by atoms with Crippen molar-refractivity contribution in [3.8, 4) is 0 Å². The molecule has 1 amide bonds. The van der Waals surface area contributed by atoms with Crippen LogP contribution in [-0.2, 0) is 20.6 Å². The summed E-state index contributed by atoms with van der Waals surface area (Å²) >= 11 is 5.95. The number of nitrogens with zero attached hydrogens (tertiary/aromatic N) is 1. The summed E-state index contributed by atoms with van der Waals surface area (Å²) in [7, 11) is -3.39. The van der Waals surface area contributed by atoms with Crippen molar-refractivity contribution >= 4 is 27.5 Å². The Bertz CT molecular complexity index is 805. The molecule has 3 fully saturated rings. The van der Waals surface area contributed by atoms with E-state index in [1.807, 2.05) is 0 Å². The van der Waals surface area contributed by atoms with Gasteiger partial charge in [0, 0.05) is 30.1 Å². The quantitative estimate of drug-likeness (QED) is 0.810. The Labute approximate surface area is 166 Å². The predicted octanol–water partition coefficient (Wildman–Crippen LogP) is 3.19. The highest BCUT2D eigenvalue weighted by molar-refractivity contribution is 7.88. The summed E-state index contributed by atoms with van der Waals surface area (Å²) in [5.41, 5.74) is 0.693. The molecular weight excluding hydrogens is 384 g/mol. The number of fused-ring (bicyclic) bond motifs is 2. The minimum absolute atomic E-state index is 0.0461. The molecule has 2 aliphatic carbocycles. The minimum Gasteiger partial charge on any atom is -0.353 e. The maximum atomic E-state index is 12.7. The second kappa shape index (κ2) is 7.72. The molecule has 3 aliphatic rings. The van der Waals surface area contributed by atoms with Gasteiger partial charge in [-0.15, -0.1) is 0 Å². The summed E-state index contributed by atoms with van der Waals surface area (Å²) in [6.45, 7) is 0.829. The Morgan fingerprint density at radius 1 is 1.15 bits per heavy atom. The first-order valence-electron chi connectivity index (χ1n) is 9.93. The van der Waals surface area contributed by atoms with E-state index in [1.165, 1.54) is 23.6 Å². The Balaban J connectivity index is 1.29. The third-order valence-electron chi connectivity index (χ3n) is 6.52. The summed E-state index contributed by atoms with van der Waals surface area (Å²) in [5.74, 6) is 1.48. The van der Waals surface area contributed by atoms with E-state index in [-0.39, 0.29) is 17.6 Å². The molecule has 0 radical (unpaired) electrons. The van der Waals surface area contributed by atoms with Crippen LogP contribution in [0.4, 0.5) is 0 Å². The van der Waals surface area contributed by atoms with Crippen molar-refractivity contribution in [3.05, 3.63) is 34.9 Å². The third-order valence-corrected chi connectivity index (χ3v) is 8.61. The molecule has 2 bridgehead atoms. The van der Waals surface area contributed by atoms with Gasteiger partial charge < -0.3 is 5.32 Å². The molecule has 0 spiro atoms. The number of amides is 1. The van der Waals surface area contributed by atoms with Gasteiger partial charge in [-0.3, -0.25) is 4.79 Å². The van der Waals surface area contributed by atoms with Crippen LogP contribution in [0.1, 0.15) is 44.1 Å². The Kier molecular flexibility index (Phi) is 5.50. The molecule has 7 heteroatoms. The molecule has 1 aromatic rings. The lowest BCUT2D eigenvalue weighted by atomic mass is 9.93.